The lowest BCUT2D eigenvalue weighted by Crippen LogP contribution is -2.39. The fraction of sp³-hybridized carbons (Fsp3) is 0.261. The molecule has 1 aliphatic rings. The highest BCUT2D eigenvalue weighted by molar-refractivity contribution is 5.96. The standard InChI is InChI=1S/C23H21F2N3O3/c24-18-6-9-20(21(25)11-18)23(30,12-28-15-26-14-27-28)13-31-19-7-1-16(2-8-19)3-10-22(29)17-4-5-17/h1-3,6-11,14-15,17,30H,4-5,12-13H2/b10-3+. The predicted molar refractivity (Wildman–Crippen MR) is 109 cm³/mol. The summed E-state index contributed by atoms with van der Waals surface area (Å²) in [6, 6.07) is 9.93. The fourth-order valence-electron chi connectivity index (χ4n) is 3.22. The van der Waals surface area contributed by atoms with E-state index in [0.717, 1.165) is 24.5 Å². The van der Waals surface area contributed by atoms with Crippen LogP contribution in [0.2, 0.25) is 0 Å². The number of benzene rings is 2. The highest BCUT2D eigenvalue weighted by Gasteiger charge is 2.34. The van der Waals surface area contributed by atoms with Crippen molar-refractivity contribution in [3.63, 3.8) is 0 Å². The molecule has 2 aromatic carbocycles. The molecule has 0 aliphatic heterocycles. The summed E-state index contributed by atoms with van der Waals surface area (Å²) in [6.07, 6.45) is 7.93. The smallest absolute Gasteiger partial charge is 0.158 e. The van der Waals surface area contributed by atoms with E-state index in [-0.39, 0.29) is 30.4 Å². The third-order valence-corrected chi connectivity index (χ3v) is 5.10. The van der Waals surface area contributed by atoms with Crippen molar-refractivity contribution in [2.75, 3.05) is 6.61 Å². The number of hydrogen-bond donors (Lipinski definition) is 1. The molecule has 1 saturated carbocycles. The Morgan fingerprint density at radius 2 is 2.00 bits per heavy atom. The normalized spacial score (nSPS) is 15.7. The zero-order valence-electron chi connectivity index (χ0n) is 16.6. The van der Waals surface area contributed by atoms with Gasteiger partial charge in [0.05, 0.1) is 6.54 Å². The van der Waals surface area contributed by atoms with E-state index in [4.69, 9.17) is 4.74 Å². The second kappa shape index (κ2) is 8.77. The summed E-state index contributed by atoms with van der Waals surface area (Å²) in [7, 11) is 0. The molecule has 1 N–H and O–H groups in total. The van der Waals surface area contributed by atoms with Crippen LogP contribution in [-0.4, -0.2) is 32.3 Å². The minimum absolute atomic E-state index is 0.109. The minimum atomic E-state index is -1.82. The molecule has 0 amide bonds. The summed E-state index contributed by atoms with van der Waals surface area (Å²) in [5.74, 6) is -0.862. The Labute approximate surface area is 177 Å². The fourth-order valence-corrected chi connectivity index (χ4v) is 3.22. The molecule has 31 heavy (non-hydrogen) atoms. The van der Waals surface area contributed by atoms with Crippen LogP contribution in [0.5, 0.6) is 5.75 Å². The number of ether oxygens (including phenoxy) is 1. The average molecular weight is 425 g/mol. The van der Waals surface area contributed by atoms with Crippen LogP contribution in [0.25, 0.3) is 6.08 Å². The molecule has 1 heterocycles. The van der Waals surface area contributed by atoms with Crippen LogP contribution < -0.4 is 4.74 Å². The topological polar surface area (TPSA) is 77.2 Å². The van der Waals surface area contributed by atoms with E-state index < -0.39 is 17.2 Å². The first-order valence-corrected chi connectivity index (χ1v) is 9.88. The molecule has 1 fully saturated rings. The van der Waals surface area contributed by atoms with Crippen molar-refractivity contribution in [1.29, 1.82) is 0 Å². The van der Waals surface area contributed by atoms with E-state index in [9.17, 15) is 18.7 Å². The second-order valence-corrected chi connectivity index (χ2v) is 7.62. The molecular weight excluding hydrogens is 404 g/mol. The molecule has 4 rings (SSSR count). The molecule has 160 valence electrons. The van der Waals surface area contributed by atoms with Gasteiger partial charge in [-0.25, -0.2) is 18.4 Å². The van der Waals surface area contributed by atoms with E-state index in [2.05, 4.69) is 10.1 Å². The van der Waals surface area contributed by atoms with Gasteiger partial charge < -0.3 is 9.84 Å². The molecule has 1 aromatic heterocycles. The van der Waals surface area contributed by atoms with Crippen LogP contribution in [0.3, 0.4) is 0 Å². The van der Waals surface area contributed by atoms with Crippen LogP contribution >= 0.6 is 0 Å². The molecule has 8 heteroatoms. The first kappa shape index (κ1) is 20.9. The van der Waals surface area contributed by atoms with Crippen molar-refractivity contribution in [3.8, 4) is 5.75 Å². The van der Waals surface area contributed by atoms with Crippen molar-refractivity contribution in [2.45, 2.75) is 25.0 Å². The molecule has 1 aliphatic carbocycles. The number of aliphatic hydroxyl groups is 1. The summed E-state index contributed by atoms with van der Waals surface area (Å²) < 4.78 is 34.9. The monoisotopic (exact) mass is 425 g/mol. The average Bonchev–Trinajstić information content (AvgIpc) is 3.49. The van der Waals surface area contributed by atoms with Gasteiger partial charge in [0.25, 0.3) is 0 Å². The molecule has 3 aromatic rings. The number of allylic oxidation sites excluding steroid dienone is 1. The van der Waals surface area contributed by atoms with Gasteiger partial charge >= 0.3 is 0 Å². The van der Waals surface area contributed by atoms with Crippen LogP contribution in [0.15, 0.2) is 61.2 Å². The summed E-state index contributed by atoms with van der Waals surface area (Å²) in [5.41, 5.74) is -1.09. The quantitative estimate of drug-likeness (QED) is 0.531. The molecule has 0 bridgehead atoms. The third-order valence-electron chi connectivity index (χ3n) is 5.10. The molecule has 0 radical (unpaired) electrons. The Balaban J connectivity index is 1.48. The van der Waals surface area contributed by atoms with Crippen molar-refractivity contribution in [1.82, 2.24) is 14.8 Å². The Morgan fingerprint density at radius 3 is 2.65 bits per heavy atom. The van der Waals surface area contributed by atoms with E-state index in [1.54, 1.807) is 36.4 Å². The summed E-state index contributed by atoms with van der Waals surface area (Å²) in [5, 5.41) is 15.2. The predicted octanol–water partition coefficient (Wildman–Crippen LogP) is 3.52. The van der Waals surface area contributed by atoms with E-state index in [0.29, 0.717) is 11.8 Å². The van der Waals surface area contributed by atoms with Crippen LogP contribution in [0.1, 0.15) is 24.0 Å². The maximum Gasteiger partial charge on any atom is 0.158 e. The second-order valence-electron chi connectivity index (χ2n) is 7.62. The lowest BCUT2D eigenvalue weighted by Gasteiger charge is -2.29. The molecule has 1 unspecified atom stereocenters. The molecule has 0 spiro atoms. The maximum atomic E-state index is 14.4. The van der Waals surface area contributed by atoms with Gasteiger partial charge in [-0.15, -0.1) is 0 Å². The minimum Gasteiger partial charge on any atom is -0.490 e. The van der Waals surface area contributed by atoms with Gasteiger partial charge in [0, 0.05) is 17.5 Å². The zero-order chi connectivity index (χ0) is 21.8. The van der Waals surface area contributed by atoms with Crippen LogP contribution in [-0.2, 0) is 16.9 Å². The molecule has 6 nitrogen and oxygen atoms in total. The number of aromatic nitrogens is 3. The number of nitrogens with zero attached hydrogens (tertiary/aromatic N) is 3. The van der Waals surface area contributed by atoms with Crippen molar-refractivity contribution >= 4 is 11.9 Å². The number of rotatable bonds is 9. The lowest BCUT2D eigenvalue weighted by molar-refractivity contribution is -0.115. The van der Waals surface area contributed by atoms with Gasteiger partial charge in [0.1, 0.15) is 42.2 Å². The third kappa shape index (κ3) is 5.21. The molecule has 0 saturated heterocycles. The van der Waals surface area contributed by atoms with Crippen LogP contribution in [0.4, 0.5) is 8.78 Å². The Kier molecular flexibility index (Phi) is 5.90. The summed E-state index contributed by atoms with van der Waals surface area (Å²) >= 11 is 0. The lowest BCUT2D eigenvalue weighted by atomic mass is 9.94. The van der Waals surface area contributed by atoms with E-state index in [1.165, 1.54) is 23.4 Å². The van der Waals surface area contributed by atoms with E-state index >= 15 is 0 Å². The molecule has 1 atom stereocenters. The van der Waals surface area contributed by atoms with Gasteiger partial charge in [0.2, 0.25) is 0 Å². The Hall–Kier alpha value is -3.39. The van der Waals surface area contributed by atoms with Gasteiger partial charge in [-0.1, -0.05) is 24.3 Å². The first-order chi connectivity index (χ1) is 14.9. The van der Waals surface area contributed by atoms with Crippen molar-refractivity contribution in [3.05, 3.63) is 84.0 Å². The highest BCUT2D eigenvalue weighted by atomic mass is 19.1. The summed E-state index contributed by atoms with van der Waals surface area (Å²) in [4.78, 5) is 15.6. The number of carbonyl (C=O) groups excluding carboxylic acids is 1. The van der Waals surface area contributed by atoms with Crippen molar-refractivity contribution in [2.24, 2.45) is 5.92 Å². The van der Waals surface area contributed by atoms with Gasteiger partial charge in [-0.2, -0.15) is 5.10 Å². The number of ketones is 1. The van der Waals surface area contributed by atoms with Gasteiger partial charge in [0.15, 0.2) is 5.78 Å². The SMILES string of the molecule is O=C(/C=C/c1ccc(OCC(O)(Cn2cncn2)c2ccc(F)cc2F)cc1)C1CC1. The molecular formula is C23H21F2N3O3. The number of halogens is 2. The van der Waals surface area contributed by atoms with Crippen molar-refractivity contribution < 1.29 is 23.4 Å². The van der Waals surface area contributed by atoms with E-state index in [1.807, 2.05) is 0 Å². The zero-order valence-corrected chi connectivity index (χ0v) is 16.6. The number of carbonyl (C=O) groups is 1. The van der Waals surface area contributed by atoms with Crippen LogP contribution in [0, 0.1) is 17.6 Å². The number of hydrogen-bond acceptors (Lipinski definition) is 5. The first-order valence-electron chi connectivity index (χ1n) is 9.88. The Bertz CT molecular complexity index is 1080. The Morgan fingerprint density at radius 1 is 1.23 bits per heavy atom. The van der Waals surface area contributed by atoms with Gasteiger partial charge in [-0.3, -0.25) is 4.79 Å². The highest BCUT2D eigenvalue weighted by Crippen LogP contribution is 2.30. The summed E-state index contributed by atoms with van der Waals surface area (Å²) in [6.45, 7) is -0.440. The largest absolute Gasteiger partial charge is 0.490 e. The van der Waals surface area contributed by atoms with Gasteiger partial charge in [-0.05, 0) is 42.7 Å². The maximum absolute atomic E-state index is 14.4.